The van der Waals surface area contributed by atoms with Crippen molar-refractivity contribution >= 4 is 39.0 Å². The summed E-state index contributed by atoms with van der Waals surface area (Å²) in [5, 5.41) is 26.5. The summed E-state index contributed by atoms with van der Waals surface area (Å²) in [6.45, 7) is 8.13. The van der Waals surface area contributed by atoms with Crippen LogP contribution >= 0.6 is 11.3 Å². The van der Waals surface area contributed by atoms with Crippen LogP contribution in [0.3, 0.4) is 0 Å². The van der Waals surface area contributed by atoms with Crippen molar-refractivity contribution in [3.8, 4) is 11.5 Å². The number of alkyl halides is 6. The molecule has 1 fully saturated rings. The molecule has 51 heavy (non-hydrogen) atoms. The van der Waals surface area contributed by atoms with Gasteiger partial charge >= 0.3 is 28.8 Å². The number of thiazole rings is 1. The number of amides is 1. The molecule has 1 aliphatic rings. The molecule has 282 valence electrons. The van der Waals surface area contributed by atoms with Gasteiger partial charge in [-0.1, -0.05) is 43.4 Å². The van der Waals surface area contributed by atoms with E-state index in [2.05, 4.69) is 34.4 Å². The van der Waals surface area contributed by atoms with E-state index in [0.29, 0.717) is 37.0 Å². The number of halogens is 6. The lowest BCUT2D eigenvalue weighted by Crippen LogP contribution is -2.47. The van der Waals surface area contributed by atoms with Gasteiger partial charge in [-0.25, -0.2) is 0 Å². The quantitative estimate of drug-likeness (QED) is 0.0836. The van der Waals surface area contributed by atoms with E-state index < -0.39 is 23.9 Å². The number of carbonyl (C=O) groups is 3. The Balaban J connectivity index is 0.000000501. The Morgan fingerprint density at radius 3 is 2.12 bits per heavy atom. The number of H-pyrrole nitrogens is 1. The second kappa shape index (κ2) is 18.0. The first-order chi connectivity index (χ1) is 23.8. The molecule has 1 aliphatic carbocycles. The number of aromatic nitrogens is 1. The van der Waals surface area contributed by atoms with Gasteiger partial charge in [0.25, 0.3) is 0 Å². The number of nitrogens with one attached hydrogen (secondary N) is 3. The first kappa shape index (κ1) is 41.5. The molecular weight excluding hydrogens is 706 g/mol. The maximum Gasteiger partial charge on any atom is 0.458 e. The summed E-state index contributed by atoms with van der Waals surface area (Å²) < 4.78 is 67.8. The highest BCUT2D eigenvalue weighted by atomic mass is 32.1. The van der Waals surface area contributed by atoms with Gasteiger partial charge in [0.05, 0.1) is 4.70 Å². The number of ketones is 2. The third-order valence-electron chi connectivity index (χ3n) is 8.55. The van der Waals surface area contributed by atoms with E-state index in [1.165, 1.54) is 0 Å². The van der Waals surface area contributed by atoms with Crippen molar-refractivity contribution in [3.05, 3.63) is 57.2 Å². The fraction of sp³-hybridized carbons (Fsp3) is 0.529. The molecule has 0 atom stereocenters. The summed E-state index contributed by atoms with van der Waals surface area (Å²) in [6, 6.07) is 11.1. The number of nitrogens with zero attached hydrogens (tertiary/aromatic N) is 1. The summed E-state index contributed by atoms with van der Waals surface area (Å²) in [4.78, 5) is 49.0. The van der Waals surface area contributed by atoms with Gasteiger partial charge in [0.15, 0.2) is 0 Å². The van der Waals surface area contributed by atoms with Crippen molar-refractivity contribution in [2.75, 3.05) is 32.7 Å². The number of aromatic amines is 1. The minimum absolute atomic E-state index is 0.0960. The normalized spacial score (nSPS) is 14.9. The Bertz CT molecular complexity index is 1670. The van der Waals surface area contributed by atoms with Crippen molar-refractivity contribution in [2.24, 2.45) is 5.41 Å². The molecule has 0 radical (unpaired) electrons. The van der Waals surface area contributed by atoms with E-state index in [-0.39, 0.29) is 28.3 Å². The second-order valence-electron chi connectivity index (χ2n) is 13.0. The van der Waals surface area contributed by atoms with Gasteiger partial charge in [0, 0.05) is 32.1 Å². The van der Waals surface area contributed by atoms with Crippen LogP contribution in [0.1, 0.15) is 57.1 Å². The van der Waals surface area contributed by atoms with E-state index in [4.69, 9.17) is 0 Å². The molecule has 1 amide bonds. The van der Waals surface area contributed by atoms with Gasteiger partial charge in [0.2, 0.25) is 5.91 Å². The highest BCUT2D eigenvalue weighted by molar-refractivity contribution is 7.16. The van der Waals surface area contributed by atoms with Gasteiger partial charge in [-0.15, -0.1) is 0 Å². The molecule has 1 aromatic heterocycles. The smallest absolute Gasteiger partial charge is 0.458 e. The van der Waals surface area contributed by atoms with Crippen LogP contribution in [0.4, 0.5) is 26.3 Å². The van der Waals surface area contributed by atoms with Crippen LogP contribution in [0.5, 0.6) is 11.5 Å². The number of phenols is 2. The lowest BCUT2D eigenvalue weighted by atomic mass is 9.75. The van der Waals surface area contributed by atoms with Crippen molar-refractivity contribution in [3.63, 3.8) is 0 Å². The molecular formula is C34H42F6N4O6S. The van der Waals surface area contributed by atoms with Gasteiger partial charge in [-0.2, -0.15) is 26.3 Å². The Hall–Kier alpha value is -3.96. The van der Waals surface area contributed by atoms with Crippen LogP contribution in [0.15, 0.2) is 41.2 Å². The first-order valence-corrected chi connectivity index (χ1v) is 17.2. The summed E-state index contributed by atoms with van der Waals surface area (Å²) >= 11 is 1.13. The monoisotopic (exact) mass is 748 g/mol. The zero-order valence-electron chi connectivity index (χ0n) is 28.2. The van der Waals surface area contributed by atoms with Gasteiger partial charge in [-0.3, -0.25) is 19.2 Å². The Morgan fingerprint density at radius 1 is 0.902 bits per heavy atom. The average molecular weight is 749 g/mol. The molecule has 0 unspecified atom stereocenters. The zero-order chi connectivity index (χ0) is 38.0. The fourth-order valence-corrected chi connectivity index (χ4v) is 6.59. The predicted octanol–water partition coefficient (Wildman–Crippen LogP) is 5.40. The highest BCUT2D eigenvalue weighted by Crippen LogP contribution is 2.37. The molecule has 2 aromatic carbocycles. The van der Waals surface area contributed by atoms with E-state index in [1.54, 1.807) is 18.2 Å². The number of carbonyl (C=O) groups excluding carboxylic acids is 3. The van der Waals surface area contributed by atoms with Gasteiger partial charge < -0.3 is 30.7 Å². The Morgan fingerprint density at radius 2 is 1.51 bits per heavy atom. The van der Waals surface area contributed by atoms with E-state index in [9.17, 15) is 55.7 Å². The highest BCUT2D eigenvalue weighted by Gasteiger charge is 2.54. The molecule has 0 saturated heterocycles. The molecule has 5 N–H and O–H groups in total. The number of hydrogen-bond acceptors (Lipinski definition) is 9. The van der Waals surface area contributed by atoms with Crippen molar-refractivity contribution in [2.45, 2.75) is 77.2 Å². The minimum atomic E-state index is -5.77. The lowest BCUT2D eigenvalue weighted by Gasteiger charge is -2.40. The SMILES string of the molecule is CC1(C)CCC(N(CCNCCc2ccc(O)c3[nH]c(=O)sc23)C(=O)CCNCCc2cccc(O)c2)CC1.O=C(C(=O)C(F)(F)F)C(F)(F)F. The van der Waals surface area contributed by atoms with Crippen LogP contribution in [-0.4, -0.2) is 88.7 Å². The second-order valence-corrected chi connectivity index (χ2v) is 14.0. The number of rotatable bonds is 14. The molecule has 0 aliphatic heterocycles. The number of Topliss-reactive ketones (excluding diaryl/α,β-unsaturated/α-hetero) is 2. The summed E-state index contributed by atoms with van der Waals surface area (Å²) in [5.74, 6) is -6.24. The molecule has 3 aromatic rings. The van der Waals surface area contributed by atoms with Crippen molar-refractivity contribution < 1.29 is 50.9 Å². The molecule has 0 bridgehead atoms. The molecule has 17 heteroatoms. The van der Waals surface area contributed by atoms with E-state index in [0.717, 1.165) is 78.8 Å². The van der Waals surface area contributed by atoms with Gasteiger partial charge in [0.1, 0.15) is 17.0 Å². The Labute approximate surface area is 294 Å². The molecule has 0 spiro atoms. The average Bonchev–Trinajstić information content (AvgIpc) is 3.45. The van der Waals surface area contributed by atoms with Crippen molar-refractivity contribution in [1.82, 2.24) is 20.5 Å². The molecule has 1 saturated carbocycles. The van der Waals surface area contributed by atoms with Crippen LogP contribution in [0.25, 0.3) is 10.2 Å². The van der Waals surface area contributed by atoms with Crippen LogP contribution in [-0.2, 0) is 27.2 Å². The third-order valence-corrected chi connectivity index (χ3v) is 9.51. The van der Waals surface area contributed by atoms with Crippen molar-refractivity contribution in [1.29, 1.82) is 0 Å². The van der Waals surface area contributed by atoms with Crippen LogP contribution < -0.4 is 15.5 Å². The molecule has 10 nitrogen and oxygen atoms in total. The summed E-state index contributed by atoms with van der Waals surface area (Å²) in [7, 11) is 0. The number of benzene rings is 2. The number of phenolic OH excluding ortho intramolecular Hbond substituents is 2. The maximum absolute atomic E-state index is 13.3. The Kier molecular flexibility index (Phi) is 14.6. The maximum atomic E-state index is 13.3. The lowest BCUT2D eigenvalue weighted by molar-refractivity contribution is -0.193. The number of aromatic hydroxyl groups is 2. The largest absolute Gasteiger partial charge is 0.508 e. The first-order valence-electron chi connectivity index (χ1n) is 16.3. The summed E-state index contributed by atoms with van der Waals surface area (Å²) in [5.41, 5.74) is 2.95. The zero-order valence-corrected chi connectivity index (χ0v) is 29.0. The van der Waals surface area contributed by atoms with E-state index >= 15 is 0 Å². The van der Waals surface area contributed by atoms with E-state index in [1.807, 2.05) is 18.2 Å². The molecule has 1 heterocycles. The topological polar surface area (TPSA) is 152 Å². The molecule has 4 rings (SSSR count). The minimum Gasteiger partial charge on any atom is -0.508 e. The summed E-state index contributed by atoms with van der Waals surface area (Å²) in [6.07, 6.45) is -5.18. The standard InChI is InChI=1S/C30H42N4O4S.C4F6O2/c1-30(2)13-8-23(9-14-30)34(26(37)12-17-31-15-10-21-4-3-5-24(35)20-21)19-18-32-16-11-22-6-7-25(36)27-28(22)39-29(38)33-27;5-3(6,7)1(11)2(12)4(8,9)10/h3-7,20,23,31-32,35-36H,8-19H2,1-2H3,(H,33,38);. The number of fused-ring (bicyclic) bond motifs is 1. The van der Waals surface area contributed by atoms with Gasteiger partial charge in [-0.05, 0) is 86.4 Å². The van der Waals surface area contributed by atoms with Crippen LogP contribution in [0.2, 0.25) is 0 Å². The predicted molar refractivity (Wildman–Crippen MR) is 180 cm³/mol. The fourth-order valence-electron chi connectivity index (χ4n) is 5.69. The third kappa shape index (κ3) is 12.9. The van der Waals surface area contributed by atoms with Crippen LogP contribution in [0, 0.1) is 5.41 Å². The number of hydrogen-bond donors (Lipinski definition) is 5.